The first-order valence-corrected chi connectivity index (χ1v) is 7.95. The van der Waals surface area contributed by atoms with E-state index in [1.807, 2.05) is 42.6 Å². The maximum Gasteiger partial charge on any atom is 0.142 e. The molecule has 0 unspecified atom stereocenters. The van der Waals surface area contributed by atoms with Crippen LogP contribution in [0, 0.1) is 6.92 Å². The average Bonchev–Trinajstić information content (AvgIpc) is 2.84. The van der Waals surface area contributed by atoms with E-state index in [1.165, 1.54) is 0 Å². The Hall–Kier alpha value is -1.49. The van der Waals surface area contributed by atoms with Gasteiger partial charge in [0.05, 0.1) is 22.7 Å². The van der Waals surface area contributed by atoms with Gasteiger partial charge in [0.2, 0.25) is 0 Å². The van der Waals surface area contributed by atoms with E-state index in [0.717, 1.165) is 16.3 Å². The van der Waals surface area contributed by atoms with Crippen molar-refractivity contribution in [3.63, 3.8) is 0 Å². The van der Waals surface area contributed by atoms with E-state index in [2.05, 4.69) is 15.0 Å². The van der Waals surface area contributed by atoms with Crippen LogP contribution >= 0.6 is 34.5 Å². The second-order valence-corrected chi connectivity index (χ2v) is 6.28. The molecular formula is C15H11Cl2N3S. The maximum atomic E-state index is 6.29. The van der Waals surface area contributed by atoms with Gasteiger partial charge < -0.3 is 0 Å². The molecule has 0 fully saturated rings. The first kappa shape index (κ1) is 14.4. The topological polar surface area (TPSA) is 38.7 Å². The number of thiazole rings is 1. The lowest BCUT2D eigenvalue weighted by atomic mass is 10.1. The minimum atomic E-state index is 0.364. The molecule has 0 aliphatic rings. The van der Waals surface area contributed by atoms with E-state index in [0.29, 0.717) is 28.1 Å². The van der Waals surface area contributed by atoms with Gasteiger partial charge in [-0.3, -0.25) is 0 Å². The molecule has 2 aromatic heterocycles. The quantitative estimate of drug-likeness (QED) is 0.645. The van der Waals surface area contributed by atoms with Crippen molar-refractivity contribution in [2.45, 2.75) is 13.3 Å². The number of halogens is 2. The number of nitrogens with zero attached hydrogens (tertiary/aromatic N) is 3. The predicted octanol–water partition coefficient (Wildman–Crippen LogP) is 4.81. The molecule has 2 heterocycles. The Labute approximate surface area is 136 Å². The van der Waals surface area contributed by atoms with E-state index < -0.39 is 0 Å². The third-order valence-electron chi connectivity index (χ3n) is 2.94. The second kappa shape index (κ2) is 6.10. The van der Waals surface area contributed by atoms with Crippen LogP contribution in [-0.2, 0) is 6.42 Å². The molecule has 0 aliphatic carbocycles. The van der Waals surface area contributed by atoms with Crippen molar-refractivity contribution in [3.05, 3.63) is 62.5 Å². The molecule has 3 aromatic rings. The molecule has 6 heteroatoms. The number of aromatic nitrogens is 3. The number of hydrogen-bond acceptors (Lipinski definition) is 4. The van der Waals surface area contributed by atoms with Crippen molar-refractivity contribution in [1.82, 2.24) is 15.0 Å². The Morgan fingerprint density at radius 2 is 1.67 bits per heavy atom. The largest absolute Gasteiger partial charge is 0.246 e. The molecule has 1 aromatic carbocycles. The fraction of sp³-hybridized carbons (Fsp3) is 0.133. The van der Waals surface area contributed by atoms with Gasteiger partial charge in [-0.25, -0.2) is 15.0 Å². The highest BCUT2D eigenvalue weighted by atomic mass is 35.5. The summed E-state index contributed by atoms with van der Waals surface area (Å²) in [6.45, 7) is 1.97. The molecule has 0 amide bonds. The minimum absolute atomic E-state index is 0.364. The summed E-state index contributed by atoms with van der Waals surface area (Å²) in [5.41, 5.74) is 2.50. The molecule has 106 valence electrons. The number of rotatable bonds is 3. The Morgan fingerprint density at radius 1 is 1.00 bits per heavy atom. The van der Waals surface area contributed by atoms with Gasteiger partial charge in [-0.15, -0.1) is 11.3 Å². The molecule has 0 saturated carbocycles. The summed E-state index contributed by atoms with van der Waals surface area (Å²) in [5.74, 6) is 0.579. The van der Waals surface area contributed by atoms with Crippen molar-refractivity contribution < 1.29 is 0 Å². The van der Waals surface area contributed by atoms with Crippen molar-refractivity contribution in [3.8, 4) is 11.1 Å². The van der Waals surface area contributed by atoms with Gasteiger partial charge >= 0.3 is 0 Å². The number of aryl methyl sites for hydroxylation is 1. The fourth-order valence-corrected chi connectivity index (χ4v) is 3.28. The monoisotopic (exact) mass is 335 g/mol. The van der Waals surface area contributed by atoms with Crippen LogP contribution in [0.4, 0.5) is 0 Å². The first-order chi connectivity index (χ1) is 10.1. The van der Waals surface area contributed by atoms with E-state index in [4.69, 9.17) is 23.2 Å². The zero-order valence-electron chi connectivity index (χ0n) is 11.2. The smallest absolute Gasteiger partial charge is 0.142 e. The van der Waals surface area contributed by atoms with Gasteiger partial charge in [-0.2, -0.15) is 0 Å². The van der Waals surface area contributed by atoms with E-state index in [-0.39, 0.29) is 0 Å². The summed E-state index contributed by atoms with van der Waals surface area (Å²) >= 11 is 14.2. The first-order valence-electron chi connectivity index (χ1n) is 6.32. The summed E-state index contributed by atoms with van der Waals surface area (Å²) in [6.07, 6.45) is 0.527. The SMILES string of the molecule is Cc1nc(Cc2nc(Cl)c(-c3ccccc3)c(Cl)n2)cs1. The normalized spacial score (nSPS) is 10.8. The molecule has 0 saturated heterocycles. The van der Waals surface area contributed by atoms with Crippen LogP contribution in [0.1, 0.15) is 16.5 Å². The highest BCUT2D eigenvalue weighted by Gasteiger charge is 2.14. The van der Waals surface area contributed by atoms with E-state index in [9.17, 15) is 0 Å². The summed E-state index contributed by atoms with van der Waals surface area (Å²) < 4.78 is 0. The Bertz CT molecular complexity index is 749. The maximum absolute atomic E-state index is 6.29. The third-order valence-corrected chi connectivity index (χ3v) is 4.30. The second-order valence-electron chi connectivity index (χ2n) is 4.50. The summed E-state index contributed by atoms with van der Waals surface area (Å²) in [6, 6.07) is 9.65. The van der Waals surface area contributed by atoms with Gasteiger partial charge in [0, 0.05) is 5.38 Å². The van der Waals surface area contributed by atoms with Crippen LogP contribution in [0.2, 0.25) is 10.3 Å². The predicted molar refractivity (Wildman–Crippen MR) is 87.1 cm³/mol. The van der Waals surface area contributed by atoms with Crippen molar-refractivity contribution in [2.75, 3.05) is 0 Å². The fourth-order valence-electron chi connectivity index (χ4n) is 2.02. The molecule has 0 aliphatic heterocycles. The van der Waals surface area contributed by atoms with Crippen LogP contribution in [0.3, 0.4) is 0 Å². The van der Waals surface area contributed by atoms with Gasteiger partial charge in [-0.1, -0.05) is 53.5 Å². The van der Waals surface area contributed by atoms with Gasteiger partial charge in [0.1, 0.15) is 16.1 Å². The van der Waals surface area contributed by atoms with Crippen LogP contribution in [0.5, 0.6) is 0 Å². The van der Waals surface area contributed by atoms with Crippen LogP contribution in [-0.4, -0.2) is 15.0 Å². The number of benzene rings is 1. The van der Waals surface area contributed by atoms with Crippen LogP contribution in [0.15, 0.2) is 35.7 Å². The standard InChI is InChI=1S/C15H11Cl2N3S/c1-9-18-11(8-21-9)7-12-19-14(16)13(15(17)20-12)10-5-3-2-4-6-10/h2-6,8H,7H2,1H3. The average molecular weight is 336 g/mol. The molecular weight excluding hydrogens is 325 g/mol. The Kier molecular flexibility index (Phi) is 4.19. The summed E-state index contributed by atoms with van der Waals surface area (Å²) in [5, 5.41) is 3.74. The molecule has 21 heavy (non-hydrogen) atoms. The van der Waals surface area contributed by atoms with Crippen LogP contribution < -0.4 is 0 Å². The van der Waals surface area contributed by atoms with E-state index >= 15 is 0 Å². The lowest BCUT2D eigenvalue weighted by molar-refractivity contribution is 0.942. The lowest BCUT2D eigenvalue weighted by Gasteiger charge is -2.08. The van der Waals surface area contributed by atoms with E-state index in [1.54, 1.807) is 11.3 Å². The minimum Gasteiger partial charge on any atom is -0.246 e. The highest BCUT2D eigenvalue weighted by Crippen LogP contribution is 2.32. The molecule has 0 atom stereocenters. The third kappa shape index (κ3) is 3.23. The summed E-state index contributed by atoms with van der Waals surface area (Å²) in [4.78, 5) is 13.1. The summed E-state index contributed by atoms with van der Waals surface area (Å²) in [7, 11) is 0. The lowest BCUT2D eigenvalue weighted by Crippen LogP contribution is -2.00. The molecule has 0 N–H and O–H groups in total. The Balaban J connectivity index is 1.96. The van der Waals surface area contributed by atoms with Crippen molar-refractivity contribution in [1.29, 1.82) is 0 Å². The van der Waals surface area contributed by atoms with Gasteiger partial charge in [0.15, 0.2) is 0 Å². The van der Waals surface area contributed by atoms with Gasteiger partial charge in [0.25, 0.3) is 0 Å². The highest BCUT2D eigenvalue weighted by molar-refractivity contribution is 7.09. The van der Waals surface area contributed by atoms with Crippen molar-refractivity contribution in [2.24, 2.45) is 0 Å². The van der Waals surface area contributed by atoms with Crippen molar-refractivity contribution >= 4 is 34.5 Å². The number of hydrogen-bond donors (Lipinski definition) is 0. The Morgan fingerprint density at radius 3 is 2.24 bits per heavy atom. The van der Waals surface area contributed by atoms with Crippen LogP contribution in [0.25, 0.3) is 11.1 Å². The van der Waals surface area contributed by atoms with Gasteiger partial charge in [-0.05, 0) is 12.5 Å². The zero-order chi connectivity index (χ0) is 14.8. The molecule has 3 nitrogen and oxygen atoms in total. The molecule has 0 spiro atoms. The molecule has 0 bridgehead atoms. The molecule has 0 radical (unpaired) electrons. The zero-order valence-corrected chi connectivity index (χ0v) is 13.5. The molecule has 3 rings (SSSR count).